The summed E-state index contributed by atoms with van der Waals surface area (Å²) in [5.41, 5.74) is 3.43. The molecule has 0 saturated carbocycles. The Morgan fingerprint density at radius 3 is 2.85 bits per heavy atom. The van der Waals surface area contributed by atoms with Gasteiger partial charge in [0.05, 0.1) is 5.56 Å². The van der Waals surface area contributed by atoms with Gasteiger partial charge in [-0.25, -0.2) is 0 Å². The molecule has 1 aromatic carbocycles. The predicted octanol–water partition coefficient (Wildman–Crippen LogP) is 3.16. The van der Waals surface area contributed by atoms with Gasteiger partial charge in [-0.05, 0) is 23.6 Å². The van der Waals surface area contributed by atoms with E-state index in [9.17, 15) is 10.1 Å². The molecule has 6 nitrogen and oxygen atoms in total. The van der Waals surface area contributed by atoms with Crippen molar-refractivity contribution in [1.82, 2.24) is 14.7 Å². The summed E-state index contributed by atoms with van der Waals surface area (Å²) in [5.74, 6) is -0.244. The van der Waals surface area contributed by atoms with Crippen LogP contribution in [0.15, 0.2) is 42.6 Å². The zero-order chi connectivity index (χ0) is 18.8. The van der Waals surface area contributed by atoms with Gasteiger partial charge in [-0.15, -0.1) is 11.3 Å². The summed E-state index contributed by atoms with van der Waals surface area (Å²) >= 11 is 1.51. The molecule has 4 rings (SSSR count). The molecule has 1 aliphatic rings. The minimum Gasteiger partial charge on any atom is -0.311 e. The van der Waals surface area contributed by atoms with Crippen LogP contribution >= 0.6 is 11.3 Å². The van der Waals surface area contributed by atoms with E-state index < -0.39 is 0 Å². The number of hydrogen-bond acceptors (Lipinski definition) is 5. The number of aryl methyl sites for hydroxylation is 1. The first kappa shape index (κ1) is 17.5. The third-order valence-corrected chi connectivity index (χ3v) is 5.91. The summed E-state index contributed by atoms with van der Waals surface area (Å²) in [6, 6.07) is 14.3. The molecule has 1 N–H and O–H groups in total. The number of thiophene rings is 1. The van der Waals surface area contributed by atoms with E-state index in [2.05, 4.69) is 45.7 Å². The molecule has 0 unspecified atom stereocenters. The van der Waals surface area contributed by atoms with Crippen molar-refractivity contribution in [3.63, 3.8) is 0 Å². The number of carbonyl (C=O) groups is 1. The number of carbonyl (C=O) groups excluding carboxylic acids is 1. The van der Waals surface area contributed by atoms with Crippen LogP contribution in [0, 0.1) is 11.3 Å². The molecule has 7 heteroatoms. The van der Waals surface area contributed by atoms with Gasteiger partial charge in [-0.1, -0.05) is 30.3 Å². The van der Waals surface area contributed by atoms with Crippen molar-refractivity contribution < 1.29 is 4.79 Å². The lowest BCUT2D eigenvalue weighted by Crippen LogP contribution is -2.29. The Morgan fingerprint density at radius 1 is 1.33 bits per heavy atom. The first-order valence-corrected chi connectivity index (χ1v) is 9.57. The molecule has 0 bridgehead atoms. The Hall–Kier alpha value is -2.95. The quantitative estimate of drug-likeness (QED) is 0.758. The van der Waals surface area contributed by atoms with Gasteiger partial charge in [0.2, 0.25) is 0 Å². The monoisotopic (exact) mass is 377 g/mol. The third kappa shape index (κ3) is 3.50. The number of anilines is 1. The number of nitriles is 1. The minimum atomic E-state index is -0.244. The zero-order valence-corrected chi connectivity index (χ0v) is 15.8. The van der Waals surface area contributed by atoms with Crippen LogP contribution in [0.5, 0.6) is 0 Å². The molecular weight excluding hydrogens is 358 g/mol. The molecule has 2 aromatic heterocycles. The number of amides is 1. The van der Waals surface area contributed by atoms with Crippen LogP contribution in [0.25, 0.3) is 0 Å². The standard InChI is InChI=1S/C20H19N5OS/c1-24-17(7-9-22-24)19(26)23-20-16(11-21)15-8-10-25(13-18(15)27-20)12-14-5-3-2-4-6-14/h2-7,9H,8,10,12-13H2,1H3,(H,23,26). The van der Waals surface area contributed by atoms with Crippen LogP contribution in [0.4, 0.5) is 5.00 Å². The van der Waals surface area contributed by atoms with Crippen molar-refractivity contribution in [2.75, 3.05) is 11.9 Å². The van der Waals surface area contributed by atoms with E-state index in [1.807, 2.05) is 6.07 Å². The predicted molar refractivity (Wildman–Crippen MR) is 104 cm³/mol. The number of aromatic nitrogens is 2. The Kier molecular flexibility index (Phi) is 4.75. The zero-order valence-electron chi connectivity index (χ0n) is 15.0. The van der Waals surface area contributed by atoms with Crippen molar-refractivity contribution in [2.45, 2.75) is 19.5 Å². The highest BCUT2D eigenvalue weighted by Gasteiger charge is 2.25. The van der Waals surface area contributed by atoms with Crippen molar-refractivity contribution in [3.8, 4) is 6.07 Å². The van der Waals surface area contributed by atoms with Gasteiger partial charge in [-0.3, -0.25) is 14.4 Å². The van der Waals surface area contributed by atoms with Gasteiger partial charge in [0, 0.05) is 37.8 Å². The van der Waals surface area contributed by atoms with Gasteiger partial charge in [-0.2, -0.15) is 10.4 Å². The summed E-state index contributed by atoms with van der Waals surface area (Å²) in [6.07, 6.45) is 2.41. The fourth-order valence-electron chi connectivity index (χ4n) is 3.40. The molecule has 0 atom stereocenters. The molecule has 1 aliphatic heterocycles. The summed E-state index contributed by atoms with van der Waals surface area (Å²) in [7, 11) is 1.72. The molecule has 0 saturated heterocycles. The summed E-state index contributed by atoms with van der Waals surface area (Å²) in [6.45, 7) is 2.59. The minimum absolute atomic E-state index is 0.244. The van der Waals surface area contributed by atoms with Crippen LogP contribution in [0.2, 0.25) is 0 Å². The normalized spacial score (nSPS) is 13.8. The molecular formula is C20H19N5OS. The van der Waals surface area contributed by atoms with Crippen LogP contribution in [-0.2, 0) is 26.6 Å². The van der Waals surface area contributed by atoms with E-state index in [4.69, 9.17) is 0 Å². The van der Waals surface area contributed by atoms with Crippen molar-refractivity contribution in [2.24, 2.45) is 7.05 Å². The van der Waals surface area contributed by atoms with E-state index in [0.29, 0.717) is 16.3 Å². The fourth-order valence-corrected chi connectivity index (χ4v) is 4.64. The highest BCUT2D eigenvalue weighted by Crippen LogP contribution is 2.37. The first-order valence-electron chi connectivity index (χ1n) is 8.76. The maximum absolute atomic E-state index is 12.5. The van der Waals surface area contributed by atoms with E-state index in [0.717, 1.165) is 36.5 Å². The third-order valence-electron chi connectivity index (χ3n) is 4.78. The fraction of sp³-hybridized carbons (Fsp3) is 0.250. The van der Waals surface area contributed by atoms with E-state index in [1.165, 1.54) is 21.6 Å². The lowest BCUT2D eigenvalue weighted by Gasteiger charge is -2.26. The summed E-state index contributed by atoms with van der Waals surface area (Å²) in [5, 5.41) is 17.2. The van der Waals surface area contributed by atoms with E-state index >= 15 is 0 Å². The molecule has 1 amide bonds. The number of nitrogens with zero attached hydrogens (tertiary/aromatic N) is 4. The Balaban J connectivity index is 1.54. The lowest BCUT2D eigenvalue weighted by atomic mass is 10.0. The lowest BCUT2D eigenvalue weighted by molar-refractivity contribution is 0.101. The van der Waals surface area contributed by atoms with Crippen molar-refractivity contribution in [1.29, 1.82) is 5.26 Å². The van der Waals surface area contributed by atoms with Crippen LogP contribution in [0.3, 0.4) is 0 Å². The Bertz CT molecular complexity index is 1010. The Morgan fingerprint density at radius 2 is 2.15 bits per heavy atom. The van der Waals surface area contributed by atoms with Crippen molar-refractivity contribution in [3.05, 3.63) is 69.9 Å². The molecule has 0 spiro atoms. The molecule has 0 aliphatic carbocycles. The number of hydrogen-bond donors (Lipinski definition) is 1. The number of benzene rings is 1. The van der Waals surface area contributed by atoms with Gasteiger partial charge in [0.1, 0.15) is 16.8 Å². The number of nitrogens with one attached hydrogen (secondary N) is 1. The summed E-state index contributed by atoms with van der Waals surface area (Å²) in [4.78, 5) is 16.0. The largest absolute Gasteiger partial charge is 0.311 e. The highest BCUT2D eigenvalue weighted by atomic mass is 32.1. The number of fused-ring (bicyclic) bond motifs is 1. The second kappa shape index (κ2) is 7.35. The average molecular weight is 377 g/mol. The SMILES string of the molecule is Cn1nccc1C(=O)Nc1sc2c(c1C#N)CCN(Cc1ccccc1)C2. The topological polar surface area (TPSA) is 74.0 Å². The summed E-state index contributed by atoms with van der Waals surface area (Å²) < 4.78 is 1.52. The van der Waals surface area contributed by atoms with Gasteiger partial charge in [0.25, 0.3) is 5.91 Å². The van der Waals surface area contributed by atoms with E-state index in [-0.39, 0.29) is 5.91 Å². The van der Waals surface area contributed by atoms with Crippen LogP contribution in [-0.4, -0.2) is 27.1 Å². The second-order valence-electron chi connectivity index (χ2n) is 6.56. The molecule has 0 fully saturated rings. The van der Waals surface area contributed by atoms with Gasteiger partial charge >= 0.3 is 0 Å². The van der Waals surface area contributed by atoms with Crippen LogP contribution < -0.4 is 5.32 Å². The maximum atomic E-state index is 12.5. The highest BCUT2D eigenvalue weighted by molar-refractivity contribution is 7.16. The van der Waals surface area contributed by atoms with Gasteiger partial charge < -0.3 is 5.32 Å². The number of rotatable bonds is 4. The molecule has 3 aromatic rings. The molecule has 27 heavy (non-hydrogen) atoms. The first-order chi connectivity index (χ1) is 13.2. The Labute approximate surface area is 161 Å². The van der Waals surface area contributed by atoms with Crippen molar-refractivity contribution >= 4 is 22.2 Å². The van der Waals surface area contributed by atoms with E-state index in [1.54, 1.807) is 19.3 Å². The van der Waals surface area contributed by atoms with Gasteiger partial charge in [0.15, 0.2) is 0 Å². The smallest absolute Gasteiger partial charge is 0.274 e. The molecule has 3 heterocycles. The second-order valence-corrected chi connectivity index (χ2v) is 7.67. The van der Waals surface area contributed by atoms with Crippen LogP contribution in [0.1, 0.15) is 32.1 Å². The molecule has 136 valence electrons. The maximum Gasteiger partial charge on any atom is 0.274 e. The average Bonchev–Trinajstić information content (AvgIpc) is 3.25. The molecule has 0 radical (unpaired) electrons.